The van der Waals surface area contributed by atoms with Crippen molar-refractivity contribution in [2.75, 3.05) is 4.90 Å². The number of anilines is 3. The third kappa shape index (κ3) is 6.47. The van der Waals surface area contributed by atoms with Gasteiger partial charge in [-0.2, -0.15) is 0 Å². The summed E-state index contributed by atoms with van der Waals surface area (Å²) in [4.78, 5) is 2.53. The van der Waals surface area contributed by atoms with Crippen LogP contribution in [0.5, 0.6) is 0 Å². The molecule has 49 heavy (non-hydrogen) atoms. The Morgan fingerprint density at radius 2 is 0.490 bits per heavy atom. The molecule has 0 bridgehead atoms. The van der Waals surface area contributed by atoms with Crippen molar-refractivity contribution in [1.29, 1.82) is 0 Å². The first-order valence-electron chi connectivity index (χ1n) is 17.6. The zero-order valence-corrected chi connectivity index (χ0v) is 31.6. The second-order valence-electron chi connectivity index (χ2n) is 14.7. The summed E-state index contributed by atoms with van der Waals surface area (Å²) < 4.78 is 0. The number of benzene rings is 6. The lowest BCUT2D eigenvalue weighted by atomic mass is 9.90. The van der Waals surface area contributed by atoms with Crippen molar-refractivity contribution >= 4 is 17.1 Å². The fourth-order valence-corrected chi connectivity index (χ4v) is 7.46. The van der Waals surface area contributed by atoms with Crippen LogP contribution in [0, 0.1) is 83.1 Å². The fourth-order valence-electron chi connectivity index (χ4n) is 7.46. The minimum Gasteiger partial charge on any atom is -0.310 e. The Balaban J connectivity index is 1.60. The maximum absolute atomic E-state index is 2.53. The lowest BCUT2D eigenvalue weighted by Gasteiger charge is -2.32. The van der Waals surface area contributed by atoms with Crippen molar-refractivity contribution in [3.05, 3.63) is 158 Å². The van der Waals surface area contributed by atoms with Gasteiger partial charge in [0.2, 0.25) is 0 Å². The molecule has 6 rings (SSSR count). The largest absolute Gasteiger partial charge is 0.310 e. The summed E-state index contributed by atoms with van der Waals surface area (Å²) in [6.45, 7) is 26.8. The Labute approximate surface area is 295 Å². The highest BCUT2D eigenvalue weighted by Crippen LogP contribution is 2.46. The van der Waals surface area contributed by atoms with E-state index in [4.69, 9.17) is 0 Å². The van der Waals surface area contributed by atoms with Gasteiger partial charge in [-0.15, -0.1) is 0 Å². The monoisotopic (exact) mass is 641 g/mol. The van der Waals surface area contributed by atoms with E-state index in [1.54, 1.807) is 0 Å². The molecule has 0 N–H and O–H groups in total. The van der Waals surface area contributed by atoms with Crippen molar-refractivity contribution in [2.24, 2.45) is 0 Å². The van der Waals surface area contributed by atoms with E-state index >= 15 is 0 Å². The van der Waals surface area contributed by atoms with Gasteiger partial charge in [-0.3, -0.25) is 0 Å². The number of nitrogens with zero attached hydrogens (tertiary/aromatic N) is 1. The maximum atomic E-state index is 2.53. The molecule has 0 aliphatic heterocycles. The van der Waals surface area contributed by atoms with E-state index in [-0.39, 0.29) is 0 Å². The Kier molecular flexibility index (Phi) is 9.16. The lowest BCUT2D eigenvalue weighted by molar-refractivity contribution is 1.18. The minimum atomic E-state index is 1.22. The van der Waals surface area contributed by atoms with E-state index < -0.39 is 0 Å². The van der Waals surface area contributed by atoms with Gasteiger partial charge in [0.25, 0.3) is 0 Å². The SMILES string of the molecule is Cc1ccc(C)c(-c2cc(C)c(N(c3cc(C)c(-c4cc(C)ccc4C)cc3C)c3cc(C)c(-c4cc(C)ccc4C)cc3C)cc2C)c1. The van der Waals surface area contributed by atoms with Crippen LogP contribution in [0.15, 0.2) is 91.0 Å². The maximum Gasteiger partial charge on any atom is 0.0494 e. The summed E-state index contributed by atoms with van der Waals surface area (Å²) in [5.41, 5.74) is 26.9. The van der Waals surface area contributed by atoms with Gasteiger partial charge in [0.1, 0.15) is 0 Å². The highest BCUT2D eigenvalue weighted by molar-refractivity contribution is 5.88. The number of hydrogen-bond acceptors (Lipinski definition) is 1. The van der Waals surface area contributed by atoms with Crippen LogP contribution in [0.4, 0.5) is 17.1 Å². The molecule has 0 amide bonds. The standard InChI is InChI=1S/C48H51N/c1-28-13-16-31(4)40(19-28)43-22-37(10)46(25-34(43)7)49(47-26-35(8)44(23-38(47)11)41-20-29(2)14-17-32(41)5)48-27-36(9)45(24-39(48)12)42-21-30(3)15-18-33(42)6/h13-27H,1-12H3. The second kappa shape index (κ2) is 13.2. The minimum absolute atomic E-state index is 1.22. The van der Waals surface area contributed by atoms with Crippen LogP contribution < -0.4 is 4.90 Å². The van der Waals surface area contributed by atoms with Gasteiger partial charge in [-0.1, -0.05) is 71.3 Å². The molecule has 0 atom stereocenters. The van der Waals surface area contributed by atoms with Crippen LogP contribution in [0.3, 0.4) is 0 Å². The fraction of sp³-hybridized carbons (Fsp3) is 0.250. The molecule has 0 radical (unpaired) electrons. The van der Waals surface area contributed by atoms with Gasteiger partial charge < -0.3 is 4.90 Å². The molecule has 0 aliphatic carbocycles. The van der Waals surface area contributed by atoms with Gasteiger partial charge in [0.15, 0.2) is 0 Å². The third-order valence-corrected chi connectivity index (χ3v) is 10.4. The topological polar surface area (TPSA) is 3.24 Å². The van der Waals surface area contributed by atoms with Crippen LogP contribution in [-0.2, 0) is 0 Å². The molecule has 1 heteroatoms. The normalized spacial score (nSPS) is 11.3. The van der Waals surface area contributed by atoms with E-state index in [0.717, 1.165) is 0 Å². The molecule has 0 heterocycles. The van der Waals surface area contributed by atoms with Crippen molar-refractivity contribution in [3.8, 4) is 33.4 Å². The average Bonchev–Trinajstić information content (AvgIpc) is 3.05. The van der Waals surface area contributed by atoms with Gasteiger partial charge in [0.05, 0.1) is 0 Å². The molecule has 248 valence electrons. The predicted molar refractivity (Wildman–Crippen MR) is 214 cm³/mol. The molecule has 6 aromatic carbocycles. The zero-order valence-electron chi connectivity index (χ0n) is 31.6. The lowest BCUT2D eigenvalue weighted by Crippen LogP contribution is -2.15. The average molecular weight is 642 g/mol. The summed E-state index contributed by atoms with van der Waals surface area (Å²) in [6.07, 6.45) is 0. The van der Waals surface area contributed by atoms with E-state index in [1.165, 1.54) is 117 Å². The number of rotatable bonds is 6. The van der Waals surface area contributed by atoms with Crippen LogP contribution >= 0.6 is 0 Å². The molecular formula is C48H51N. The van der Waals surface area contributed by atoms with Gasteiger partial charge >= 0.3 is 0 Å². The number of hydrogen-bond donors (Lipinski definition) is 0. The molecule has 0 saturated heterocycles. The highest BCUT2D eigenvalue weighted by Gasteiger charge is 2.23. The van der Waals surface area contributed by atoms with E-state index in [2.05, 4.69) is 179 Å². The third-order valence-electron chi connectivity index (χ3n) is 10.4. The summed E-state index contributed by atoms with van der Waals surface area (Å²) in [5, 5.41) is 0. The Bertz CT molecular complexity index is 1990. The zero-order chi connectivity index (χ0) is 35.3. The Morgan fingerprint density at radius 3 is 0.755 bits per heavy atom. The highest BCUT2D eigenvalue weighted by atomic mass is 15.1. The summed E-state index contributed by atoms with van der Waals surface area (Å²) >= 11 is 0. The van der Waals surface area contributed by atoms with Crippen LogP contribution in [-0.4, -0.2) is 0 Å². The van der Waals surface area contributed by atoms with Gasteiger partial charge in [-0.05, 0) is 203 Å². The molecular weight excluding hydrogens is 591 g/mol. The van der Waals surface area contributed by atoms with Crippen molar-refractivity contribution in [2.45, 2.75) is 83.1 Å². The molecule has 0 aliphatic rings. The van der Waals surface area contributed by atoms with E-state index in [1.807, 2.05) is 0 Å². The predicted octanol–water partition coefficient (Wildman–Crippen LogP) is 13.9. The molecule has 1 nitrogen and oxygen atoms in total. The van der Waals surface area contributed by atoms with E-state index in [0.29, 0.717) is 0 Å². The Hall–Kier alpha value is -4.88. The van der Waals surface area contributed by atoms with Crippen molar-refractivity contribution < 1.29 is 0 Å². The quantitative estimate of drug-likeness (QED) is 0.175. The molecule has 0 unspecified atom stereocenters. The first kappa shape index (κ1) is 34.0. The molecule has 0 spiro atoms. The molecule has 0 aromatic heterocycles. The summed E-state index contributed by atoms with van der Waals surface area (Å²) in [6, 6.07) is 34.8. The summed E-state index contributed by atoms with van der Waals surface area (Å²) in [5.74, 6) is 0. The van der Waals surface area contributed by atoms with Crippen molar-refractivity contribution in [1.82, 2.24) is 0 Å². The van der Waals surface area contributed by atoms with Gasteiger partial charge in [0, 0.05) is 17.1 Å². The van der Waals surface area contributed by atoms with Gasteiger partial charge in [-0.25, -0.2) is 0 Å². The smallest absolute Gasteiger partial charge is 0.0494 e. The van der Waals surface area contributed by atoms with Crippen LogP contribution in [0.2, 0.25) is 0 Å². The van der Waals surface area contributed by atoms with Crippen LogP contribution in [0.25, 0.3) is 33.4 Å². The molecule has 0 fully saturated rings. The second-order valence-corrected chi connectivity index (χ2v) is 14.7. The summed E-state index contributed by atoms with van der Waals surface area (Å²) in [7, 11) is 0. The van der Waals surface area contributed by atoms with Crippen LogP contribution in [0.1, 0.15) is 66.8 Å². The Morgan fingerprint density at radius 1 is 0.245 bits per heavy atom. The van der Waals surface area contributed by atoms with E-state index in [9.17, 15) is 0 Å². The first-order valence-corrected chi connectivity index (χ1v) is 17.6. The molecule has 0 saturated carbocycles. The molecule has 6 aromatic rings. The number of aryl methyl sites for hydroxylation is 12. The van der Waals surface area contributed by atoms with Crippen molar-refractivity contribution in [3.63, 3.8) is 0 Å². The first-order chi connectivity index (χ1) is 23.2.